The van der Waals surface area contributed by atoms with Crippen LogP contribution in [0.25, 0.3) is 0 Å². The van der Waals surface area contributed by atoms with E-state index in [0.29, 0.717) is 29.8 Å². The normalized spacial score (nSPS) is 11.1. The molecule has 148 valence electrons. The Morgan fingerprint density at radius 1 is 1.07 bits per heavy atom. The predicted molar refractivity (Wildman–Crippen MR) is 108 cm³/mol. The first-order valence-corrected chi connectivity index (χ1v) is 10.2. The standard InChI is InChI=1S/C18H27N5O3S/c1-6-7-12-26-14-8-10-15(11-9-14)27(24,25)21-16-13-19-18(23(4)5)20-17(16)22(2)3/h8-11,13,21H,6-7,12H2,1-5H3. The number of nitrogens with one attached hydrogen (secondary N) is 1. The van der Waals surface area contributed by atoms with Crippen molar-refractivity contribution in [1.82, 2.24) is 9.97 Å². The van der Waals surface area contributed by atoms with Gasteiger partial charge in [-0.1, -0.05) is 13.3 Å². The number of ether oxygens (including phenoxy) is 1. The summed E-state index contributed by atoms with van der Waals surface area (Å²) in [6, 6.07) is 6.35. The second-order valence-electron chi connectivity index (χ2n) is 6.48. The molecule has 0 fully saturated rings. The predicted octanol–water partition coefficient (Wildman–Crippen LogP) is 2.59. The second kappa shape index (κ2) is 8.90. The summed E-state index contributed by atoms with van der Waals surface area (Å²) in [5.74, 6) is 1.63. The first-order chi connectivity index (χ1) is 12.7. The molecule has 0 saturated carbocycles. The Morgan fingerprint density at radius 2 is 1.74 bits per heavy atom. The molecule has 0 bridgehead atoms. The average molecular weight is 394 g/mol. The van der Waals surface area contributed by atoms with E-state index in [1.54, 1.807) is 36.0 Å². The van der Waals surface area contributed by atoms with E-state index in [0.717, 1.165) is 12.8 Å². The van der Waals surface area contributed by atoms with Gasteiger partial charge in [-0.2, -0.15) is 4.98 Å². The Kier molecular flexibility index (Phi) is 6.84. The summed E-state index contributed by atoms with van der Waals surface area (Å²) in [6.45, 7) is 2.70. The van der Waals surface area contributed by atoms with Crippen molar-refractivity contribution in [3.63, 3.8) is 0 Å². The summed E-state index contributed by atoms with van der Waals surface area (Å²) in [5, 5.41) is 0. The number of sulfonamides is 1. The zero-order valence-electron chi connectivity index (χ0n) is 16.4. The molecule has 1 N–H and O–H groups in total. The minimum atomic E-state index is -3.77. The van der Waals surface area contributed by atoms with Crippen LogP contribution >= 0.6 is 0 Å². The SMILES string of the molecule is CCCCOc1ccc(S(=O)(=O)Nc2cnc(N(C)C)nc2N(C)C)cc1. The van der Waals surface area contributed by atoms with Crippen molar-refractivity contribution in [2.24, 2.45) is 0 Å². The number of hydrogen-bond acceptors (Lipinski definition) is 7. The van der Waals surface area contributed by atoms with Gasteiger partial charge in [-0.05, 0) is 30.7 Å². The number of benzene rings is 1. The van der Waals surface area contributed by atoms with Gasteiger partial charge in [0.2, 0.25) is 5.95 Å². The first-order valence-electron chi connectivity index (χ1n) is 8.72. The Balaban J connectivity index is 2.23. The van der Waals surface area contributed by atoms with Gasteiger partial charge in [-0.15, -0.1) is 0 Å². The highest BCUT2D eigenvalue weighted by Gasteiger charge is 2.19. The summed E-state index contributed by atoms with van der Waals surface area (Å²) < 4.78 is 33.6. The summed E-state index contributed by atoms with van der Waals surface area (Å²) >= 11 is 0. The molecule has 1 aromatic carbocycles. The Hall–Kier alpha value is -2.55. The smallest absolute Gasteiger partial charge is 0.262 e. The third-order valence-electron chi connectivity index (χ3n) is 3.72. The molecule has 0 spiro atoms. The molecule has 0 unspecified atom stereocenters. The summed E-state index contributed by atoms with van der Waals surface area (Å²) in [5.41, 5.74) is 0.314. The molecular formula is C18H27N5O3S. The number of unbranched alkanes of at least 4 members (excludes halogenated alkanes) is 1. The summed E-state index contributed by atoms with van der Waals surface area (Å²) in [4.78, 5) is 12.2. The van der Waals surface area contributed by atoms with Crippen molar-refractivity contribution >= 4 is 27.5 Å². The fourth-order valence-electron chi connectivity index (χ4n) is 2.25. The van der Waals surface area contributed by atoms with Gasteiger partial charge in [0.05, 0.1) is 17.7 Å². The molecule has 8 nitrogen and oxygen atoms in total. The molecule has 0 saturated heterocycles. The quantitative estimate of drug-likeness (QED) is 0.655. The van der Waals surface area contributed by atoms with Crippen LogP contribution in [0.5, 0.6) is 5.75 Å². The average Bonchev–Trinajstić information content (AvgIpc) is 2.62. The van der Waals surface area contributed by atoms with Gasteiger partial charge >= 0.3 is 0 Å². The largest absolute Gasteiger partial charge is 0.494 e. The van der Waals surface area contributed by atoms with Crippen molar-refractivity contribution in [2.75, 3.05) is 49.3 Å². The first kappa shape index (κ1) is 20.8. The van der Waals surface area contributed by atoms with E-state index < -0.39 is 10.0 Å². The van der Waals surface area contributed by atoms with Crippen LogP contribution in [0.2, 0.25) is 0 Å². The Labute approximate surface area is 161 Å². The van der Waals surface area contributed by atoms with E-state index in [4.69, 9.17) is 4.74 Å². The van der Waals surface area contributed by atoms with Gasteiger partial charge in [0, 0.05) is 28.2 Å². The van der Waals surface area contributed by atoms with E-state index in [1.165, 1.54) is 18.3 Å². The zero-order chi connectivity index (χ0) is 20.0. The molecule has 0 amide bonds. The molecule has 27 heavy (non-hydrogen) atoms. The number of rotatable bonds is 9. The Morgan fingerprint density at radius 3 is 2.30 bits per heavy atom. The molecule has 2 rings (SSSR count). The van der Waals surface area contributed by atoms with Crippen molar-refractivity contribution in [2.45, 2.75) is 24.7 Å². The van der Waals surface area contributed by atoms with E-state index in [9.17, 15) is 8.42 Å². The second-order valence-corrected chi connectivity index (χ2v) is 8.16. The van der Waals surface area contributed by atoms with Gasteiger partial charge in [0.25, 0.3) is 10.0 Å². The fraction of sp³-hybridized carbons (Fsp3) is 0.444. The maximum absolute atomic E-state index is 12.7. The van der Waals surface area contributed by atoms with Crippen molar-refractivity contribution in [3.05, 3.63) is 30.5 Å². The van der Waals surface area contributed by atoms with Crippen LogP contribution in [0, 0.1) is 0 Å². The minimum Gasteiger partial charge on any atom is -0.494 e. The van der Waals surface area contributed by atoms with Crippen LogP contribution in [-0.2, 0) is 10.0 Å². The number of anilines is 3. The number of nitrogens with zero attached hydrogens (tertiary/aromatic N) is 4. The number of hydrogen-bond donors (Lipinski definition) is 1. The highest BCUT2D eigenvalue weighted by molar-refractivity contribution is 7.92. The molecular weight excluding hydrogens is 366 g/mol. The van der Waals surface area contributed by atoms with Crippen molar-refractivity contribution in [3.8, 4) is 5.75 Å². The maximum Gasteiger partial charge on any atom is 0.262 e. The van der Waals surface area contributed by atoms with E-state index in [2.05, 4.69) is 21.6 Å². The lowest BCUT2D eigenvalue weighted by Crippen LogP contribution is -2.21. The highest BCUT2D eigenvalue weighted by Crippen LogP contribution is 2.26. The molecule has 0 atom stereocenters. The van der Waals surface area contributed by atoms with Crippen molar-refractivity contribution < 1.29 is 13.2 Å². The molecule has 0 aliphatic carbocycles. The van der Waals surface area contributed by atoms with Crippen molar-refractivity contribution in [1.29, 1.82) is 0 Å². The zero-order valence-corrected chi connectivity index (χ0v) is 17.2. The van der Waals surface area contributed by atoms with E-state index in [1.807, 2.05) is 14.1 Å². The van der Waals surface area contributed by atoms with Gasteiger partial charge < -0.3 is 14.5 Å². The lowest BCUT2D eigenvalue weighted by Gasteiger charge is -2.19. The molecule has 0 aliphatic rings. The lowest BCUT2D eigenvalue weighted by molar-refractivity contribution is 0.309. The number of aromatic nitrogens is 2. The third-order valence-corrected chi connectivity index (χ3v) is 5.11. The topological polar surface area (TPSA) is 87.7 Å². The summed E-state index contributed by atoms with van der Waals surface area (Å²) in [6.07, 6.45) is 3.47. The Bertz CT molecular complexity index is 852. The maximum atomic E-state index is 12.7. The van der Waals surface area contributed by atoms with Gasteiger partial charge in [-0.25, -0.2) is 13.4 Å². The van der Waals surface area contributed by atoms with Crippen LogP contribution in [0.15, 0.2) is 35.4 Å². The van der Waals surface area contributed by atoms with Crippen LogP contribution in [-0.4, -0.2) is 53.2 Å². The monoisotopic (exact) mass is 393 g/mol. The van der Waals surface area contributed by atoms with Gasteiger partial charge in [0.1, 0.15) is 11.4 Å². The lowest BCUT2D eigenvalue weighted by atomic mass is 10.3. The van der Waals surface area contributed by atoms with E-state index in [-0.39, 0.29) is 4.90 Å². The summed E-state index contributed by atoms with van der Waals surface area (Å²) in [7, 11) is 3.46. The van der Waals surface area contributed by atoms with E-state index >= 15 is 0 Å². The molecule has 0 radical (unpaired) electrons. The fourth-order valence-corrected chi connectivity index (χ4v) is 3.29. The molecule has 1 heterocycles. The minimum absolute atomic E-state index is 0.145. The van der Waals surface area contributed by atoms with Crippen LogP contribution in [0.1, 0.15) is 19.8 Å². The van der Waals surface area contributed by atoms with Crippen LogP contribution in [0.4, 0.5) is 17.5 Å². The third kappa shape index (κ3) is 5.46. The molecule has 9 heteroatoms. The highest BCUT2D eigenvalue weighted by atomic mass is 32.2. The van der Waals surface area contributed by atoms with Crippen LogP contribution in [0.3, 0.4) is 0 Å². The molecule has 2 aromatic rings. The molecule has 0 aliphatic heterocycles. The van der Waals surface area contributed by atoms with Gasteiger partial charge in [0.15, 0.2) is 5.82 Å². The van der Waals surface area contributed by atoms with Gasteiger partial charge in [-0.3, -0.25) is 4.72 Å². The molecule has 1 aromatic heterocycles. The van der Waals surface area contributed by atoms with Crippen LogP contribution < -0.4 is 19.3 Å².